The summed E-state index contributed by atoms with van der Waals surface area (Å²) in [5.74, 6) is -0.296. The lowest BCUT2D eigenvalue weighted by atomic mass is 10.1. The maximum atomic E-state index is 13.5. The van der Waals surface area contributed by atoms with Crippen LogP contribution >= 0.6 is 0 Å². The molecule has 1 heterocycles. The van der Waals surface area contributed by atoms with Crippen molar-refractivity contribution in [2.75, 3.05) is 26.7 Å². The van der Waals surface area contributed by atoms with Crippen LogP contribution in [0.2, 0.25) is 0 Å². The van der Waals surface area contributed by atoms with Crippen molar-refractivity contribution in [3.63, 3.8) is 0 Å². The molecule has 1 N–H and O–H groups in total. The third-order valence-electron chi connectivity index (χ3n) is 3.75. The number of amides is 1. The van der Waals surface area contributed by atoms with Gasteiger partial charge in [-0.1, -0.05) is 18.2 Å². The van der Waals surface area contributed by atoms with Crippen LogP contribution in [0.5, 0.6) is 0 Å². The summed E-state index contributed by atoms with van der Waals surface area (Å²) in [6.07, 6.45) is 2.60. The van der Waals surface area contributed by atoms with Crippen LogP contribution in [0.1, 0.15) is 24.8 Å². The number of nitrogens with zero attached hydrogens (tertiary/aromatic N) is 1. The second-order valence-electron chi connectivity index (χ2n) is 5.41. The average Bonchev–Trinajstić information content (AvgIpc) is 2.50. The van der Waals surface area contributed by atoms with Crippen molar-refractivity contribution in [1.29, 1.82) is 0 Å². The number of ether oxygens (including phenoxy) is 1. The van der Waals surface area contributed by atoms with Crippen LogP contribution in [0.25, 0.3) is 0 Å². The Balaban J connectivity index is 1.71. The van der Waals surface area contributed by atoms with Gasteiger partial charge in [0.25, 0.3) is 0 Å². The lowest BCUT2D eigenvalue weighted by Crippen LogP contribution is -2.33. The van der Waals surface area contributed by atoms with E-state index in [1.54, 1.807) is 30.1 Å². The molecular weight excluding hydrogens is 271 g/mol. The first kappa shape index (κ1) is 15.9. The second-order valence-corrected chi connectivity index (χ2v) is 5.41. The Bertz CT molecular complexity index is 461. The Morgan fingerprint density at radius 2 is 2.10 bits per heavy atom. The second kappa shape index (κ2) is 8.10. The molecule has 0 unspecified atom stereocenters. The van der Waals surface area contributed by atoms with Crippen molar-refractivity contribution in [1.82, 2.24) is 10.2 Å². The molecule has 1 aliphatic rings. The lowest BCUT2D eigenvalue weighted by molar-refractivity contribution is -0.132. The number of hydrogen-bond donors (Lipinski definition) is 1. The van der Waals surface area contributed by atoms with Crippen LogP contribution < -0.4 is 5.32 Å². The quantitative estimate of drug-likeness (QED) is 0.872. The molecule has 1 aliphatic heterocycles. The fourth-order valence-corrected chi connectivity index (χ4v) is 2.44. The molecule has 1 fully saturated rings. The number of carbonyl (C=O) groups is 1. The van der Waals surface area contributed by atoms with Gasteiger partial charge in [0.1, 0.15) is 5.82 Å². The lowest BCUT2D eigenvalue weighted by Gasteiger charge is -2.23. The first-order valence-corrected chi connectivity index (χ1v) is 7.46. The summed E-state index contributed by atoms with van der Waals surface area (Å²) in [7, 11) is 1.69. The van der Waals surface area contributed by atoms with Crippen molar-refractivity contribution in [3.05, 3.63) is 35.6 Å². The SMILES string of the molecule is CN(Cc1ccccc1F)C(=O)CCOC1CCNCC1. The minimum atomic E-state index is -0.275. The molecular formula is C16H23FN2O2. The number of rotatable bonds is 6. The van der Waals surface area contributed by atoms with Gasteiger partial charge in [-0.15, -0.1) is 0 Å². The van der Waals surface area contributed by atoms with Gasteiger partial charge in [0.15, 0.2) is 0 Å². The maximum absolute atomic E-state index is 13.5. The highest BCUT2D eigenvalue weighted by molar-refractivity contribution is 5.75. The molecule has 0 bridgehead atoms. The molecule has 4 nitrogen and oxygen atoms in total. The summed E-state index contributed by atoms with van der Waals surface area (Å²) in [5, 5.41) is 3.27. The van der Waals surface area contributed by atoms with E-state index in [-0.39, 0.29) is 17.8 Å². The van der Waals surface area contributed by atoms with Crippen LogP contribution in [0.4, 0.5) is 4.39 Å². The predicted octanol–water partition coefficient (Wildman–Crippen LogP) is 1.94. The Hall–Kier alpha value is -1.46. The van der Waals surface area contributed by atoms with Gasteiger partial charge in [-0.25, -0.2) is 4.39 Å². The molecule has 1 aromatic carbocycles. The molecule has 0 saturated carbocycles. The van der Waals surface area contributed by atoms with Gasteiger partial charge < -0.3 is 15.0 Å². The van der Waals surface area contributed by atoms with Crippen molar-refractivity contribution >= 4 is 5.91 Å². The van der Waals surface area contributed by atoms with E-state index in [9.17, 15) is 9.18 Å². The normalized spacial score (nSPS) is 15.9. The Labute approximate surface area is 125 Å². The highest BCUT2D eigenvalue weighted by atomic mass is 19.1. The van der Waals surface area contributed by atoms with Gasteiger partial charge >= 0.3 is 0 Å². The zero-order valence-corrected chi connectivity index (χ0v) is 12.5. The number of halogens is 1. The molecule has 1 amide bonds. The van der Waals surface area contributed by atoms with Crippen molar-refractivity contribution in [3.8, 4) is 0 Å². The summed E-state index contributed by atoms with van der Waals surface area (Å²) < 4.78 is 19.3. The van der Waals surface area contributed by atoms with Gasteiger partial charge in [-0.2, -0.15) is 0 Å². The van der Waals surface area contributed by atoms with E-state index in [0.29, 0.717) is 25.1 Å². The predicted molar refractivity (Wildman–Crippen MR) is 79.3 cm³/mol. The Morgan fingerprint density at radius 1 is 1.38 bits per heavy atom. The van der Waals surface area contributed by atoms with Crippen LogP contribution in [0, 0.1) is 5.82 Å². The number of hydrogen-bond acceptors (Lipinski definition) is 3. The topological polar surface area (TPSA) is 41.6 Å². The summed E-state index contributed by atoms with van der Waals surface area (Å²) in [6, 6.07) is 6.53. The van der Waals surface area contributed by atoms with Crippen LogP contribution in [0.3, 0.4) is 0 Å². The molecule has 1 saturated heterocycles. The number of carbonyl (C=O) groups excluding carboxylic acids is 1. The van der Waals surface area contributed by atoms with Gasteiger partial charge in [0, 0.05) is 19.2 Å². The molecule has 0 radical (unpaired) electrons. The molecule has 1 aromatic rings. The maximum Gasteiger partial charge on any atom is 0.224 e. The first-order chi connectivity index (χ1) is 10.2. The monoisotopic (exact) mass is 294 g/mol. The molecule has 116 valence electrons. The van der Waals surface area contributed by atoms with E-state index in [4.69, 9.17) is 4.74 Å². The van der Waals surface area contributed by atoms with Crippen molar-refractivity contribution in [2.45, 2.75) is 31.9 Å². The standard InChI is InChI=1S/C16H23FN2O2/c1-19(12-13-4-2-3-5-15(13)17)16(20)8-11-21-14-6-9-18-10-7-14/h2-5,14,18H,6-12H2,1H3. The minimum Gasteiger partial charge on any atom is -0.378 e. The smallest absolute Gasteiger partial charge is 0.224 e. The van der Waals surface area contributed by atoms with E-state index >= 15 is 0 Å². The Kier molecular flexibility index (Phi) is 6.14. The average molecular weight is 294 g/mol. The fraction of sp³-hybridized carbons (Fsp3) is 0.562. The highest BCUT2D eigenvalue weighted by Gasteiger charge is 2.15. The summed E-state index contributed by atoms with van der Waals surface area (Å²) in [5.41, 5.74) is 0.535. The van der Waals surface area contributed by atoms with Crippen LogP contribution in [-0.2, 0) is 16.1 Å². The zero-order chi connectivity index (χ0) is 15.1. The van der Waals surface area contributed by atoms with Crippen molar-refractivity contribution in [2.24, 2.45) is 0 Å². The van der Waals surface area contributed by atoms with E-state index in [0.717, 1.165) is 25.9 Å². The Morgan fingerprint density at radius 3 is 2.81 bits per heavy atom. The molecule has 0 atom stereocenters. The third kappa shape index (κ3) is 5.10. The zero-order valence-electron chi connectivity index (χ0n) is 12.5. The number of nitrogens with one attached hydrogen (secondary N) is 1. The third-order valence-corrected chi connectivity index (χ3v) is 3.75. The molecule has 2 rings (SSSR count). The van der Waals surface area contributed by atoms with E-state index in [1.807, 2.05) is 0 Å². The first-order valence-electron chi connectivity index (χ1n) is 7.46. The molecule has 5 heteroatoms. The molecule has 21 heavy (non-hydrogen) atoms. The summed E-state index contributed by atoms with van der Waals surface area (Å²) in [6.45, 7) is 2.68. The largest absolute Gasteiger partial charge is 0.378 e. The summed E-state index contributed by atoms with van der Waals surface area (Å²) >= 11 is 0. The number of benzene rings is 1. The highest BCUT2D eigenvalue weighted by Crippen LogP contribution is 2.11. The summed E-state index contributed by atoms with van der Waals surface area (Å²) in [4.78, 5) is 13.6. The molecule has 0 spiro atoms. The van der Waals surface area contributed by atoms with E-state index in [1.165, 1.54) is 6.07 Å². The fourth-order valence-electron chi connectivity index (χ4n) is 2.44. The molecule has 0 aliphatic carbocycles. The molecule has 0 aromatic heterocycles. The van der Waals surface area contributed by atoms with E-state index in [2.05, 4.69) is 5.32 Å². The van der Waals surface area contributed by atoms with Gasteiger partial charge in [0.05, 0.1) is 19.1 Å². The van der Waals surface area contributed by atoms with Gasteiger partial charge in [-0.3, -0.25) is 4.79 Å². The number of piperidine rings is 1. The minimum absolute atomic E-state index is 0.0211. The van der Waals surface area contributed by atoms with Crippen LogP contribution in [-0.4, -0.2) is 43.7 Å². The van der Waals surface area contributed by atoms with Gasteiger partial charge in [-0.05, 0) is 32.0 Å². The van der Waals surface area contributed by atoms with E-state index < -0.39 is 0 Å². The van der Waals surface area contributed by atoms with Crippen molar-refractivity contribution < 1.29 is 13.9 Å². The van der Waals surface area contributed by atoms with Crippen LogP contribution in [0.15, 0.2) is 24.3 Å². The van der Waals surface area contributed by atoms with Gasteiger partial charge in [0.2, 0.25) is 5.91 Å².